The maximum Gasteiger partial charge on any atom is 0.246 e. The Kier molecular flexibility index (Phi) is 4.48. The molecule has 2 amide bonds. The van der Waals surface area contributed by atoms with Crippen molar-refractivity contribution in [3.63, 3.8) is 0 Å². The maximum atomic E-state index is 12.6. The summed E-state index contributed by atoms with van der Waals surface area (Å²) < 4.78 is 0. The minimum absolute atomic E-state index is 0.0100. The number of hydrogen-bond donors (Lipinski definition) is 1. The fraction of sp³-hybridized carbons (Fsp3) is 0.867. The van der Waals surface area contributed by atoms with Gasteiger partial charge in [-0.15, -0.1) is 0 Å². The number of rotatable bonds is 3. The molecule has 1 heterocycles. The summed E-state index contributed by atoms with van der Waals surface area (Å²) >= 11 is 0. The summed E-state index contributed by atoms with van der Waals surface area (Å²) in [5, 5.41) is 2.96. The quantitative estimate of drug-likeness (QED) is 0.848. The molecular weight excluding hydrogens is 240 g/mol. The van der Waals surface area contributed by atoms with Crippen LogP contribution in [0.4, 0.5) is 0 Å². The summed E-state index contributed by atoms with van der Waals surface area (Å²) in [6, 6.07) is -0.600. The largest absolute Gasteiger partial charge is 0.342 e. The molecule has 2 atom stereocenters. The molecule has 1 aliphatic carbocycles. The van der Waals surface area contributed by atoms with Crippen molar-refractivity contribution in [2.24, 2.45) is 11.8 Å². The van der Waals surface area contributed by atoms with Gasteiger partial charge in [0.05, 0.1) is 0 Å². The zero-order chi connectivity index (χ0) is 14.0. The van der Waals surface area contributed by atoms with E-state index in [0.29, 0.717) is 18.4 Å². The average molecular weight is 266 g/mol. The first-order valence-corrected chi connectivity index (χ1v) is 7.61. The van der Waals surface area contributed by atoms with E-state index in [1.165, 1.54) is 19.3 Å². The van der Waals surface area contributed by atoms with Crippen LogP contribution in [0.25, 0.3) is 0 Å². The van der Waals surface area contributed by atoms with Crippen LogP contribution in [0.15, 0.2) is 0 Å². The molecule has 2 unspecified atom stereocenters. The first-order valence-electron chi connectivity index (χ1n) is 7.61. The van der Waals surface area contributed by atoms with Crippen molar-refractivity contribution in [3.05, 3.63) is 0 Å². The fourth-order valence-electron chi connectivity index (χ4n) is 3.28. The van der Waals surface area contributed by atoms with Gasteiger partial charge in [-0.05, 0) is 31.6 Å². The van der Waals surface area contributed by atoms with E-state index in [1.807, 2.05) is 6.92 Å². The van der Waals surface area contributed by atoms with Crippen molar-refractivity contribution in [1.82, 2.24) is 10.2 Å². The number of carbonyl (C=O) groups is 2. The molecule has 0 aromatic carbocycles. The van der Waals surface area contributed by atoms with Crippen LogP contribution < -0.4 is 5.32 Å². The highest BCUT2D eigenvalue weighted by molar-refractivity contribution is 5.96. The highest BCUT2D eigenvalue weighted by atomic mass is 16.2. The third kappa shape index (κ3) is 3.10. The second-order valence-corrected chi connectivity index (χ2v) is 6.44. The van der Waals surface area contributed by atoms with E-state index >= 15 is 0 Å². The highest BCUT2D eigenvalue weighted by Gasteiger charge is 2.41. The van der Waals surface area contributed by atoms with Gasteiger partial charge in [0, 0.05) is 6.54 Å². The fourth-order valence-corrected chi connectivity index (χ4v) is 3.28. The van der Waals surface area contributed by atoms with Crippen LogP contribution in [0.3, 0.4) is 0 Å². The molecule has 19 heavy (non-hydrogen) atoms. The summed E-state index contributed by atoms with van der Waals surface area (Å²) in [5.41, 5.74) is 0. The first-order chi connectivity index (χ1) is 9.00. The van der Waals surface area contributed by atoms with Crippen molar-refractivity contribution in [2.45, 2.75) is 65.0 Å². The van der Waals surface area contributed by atoms with E-state index in [2.05, 4.69) is 19.2 Å². The summed E-state index contributed by atoms with van der Waals surface area (Å²) in [4.78, 5) is 26.5. The molecule has 0 aromatic rings. The van der Waals surface area contributed by atoms with Gasteiger partial charge in [0.25, 0.3) is 0 Å². The Bertz CT molecular complexity index is 348. The second kappa shape index (κ2) is 5.93. The average Bonchev–Trinajstić information content (AvgIpc) is 2.39. The molecule has 1 saturated carbocycles. The Morgan fingerprint density at radius 1 is 1.21 bits per heavy atom. The van der Waals surface area contributed by atoms with Crippen LogP contribution in [0.1, 0.15) is 52.9 Å². The minimum Gasteiger partial charge on any atom is -0.342 e. The lowest BCUT2D eigenvalue weighted by atomic mass is 9.82. The molecule has 2 aliphatic rings. The third-order valence-corrected chi connectivity index (χ3v) is 4.38. The van der Waals surface area contributed by atoms with Crippen molar-refractivity contribution in [1.29, 1.82) is 0 Å². The molecule has 2 rings (SSSR count). The van der Waals surface area contributed by atoms with E-state index < -0.39 is 0 Å². The lowest BCUT2D eigenvalue weighted by molar-refractivity contribution is -0.151. The predicted octanol–water partition coefficient (Wildman–Crippen LogP) is 1.94. The van der Waals surface area contributed by atoms with E-state index in [4.69, 9.17) is 0 Å². The van der Waals surface area contributed by atoms with Gasteiger partial charge in [-0.25, -0.2) is 0 Å². The molecule has 108 valence electrons. The molecule has 0 bridgehead atoms. The monoisotopic (exact) mass is 266 g/mol. The maximum absolute atomic E-state index is 12.6. The number of carbonyl (C=O) groups excluding carboxylic acids is 2. The van der Waals surface area contributed by atoms with E-state index in [-0.39, 0.29) is 23.9 Å². The van der Waals surface area contributed by atoms with Gasteiger partial charge in [-0.3, -0.25) is 9.59 Å². The number of amides is 2. The van der Waals surface area contributed by atoms with E-state index in [1.54, 1.807) is 4.90 Å². The van der Waals surface area contributed by atoms with Crippen LogP contribution in [-0.2, 0) is 9.59 Å². The van der Waals surface area contributed by atoms with E-state index in [0.717, 1.165) is 12.8 Å². The molecule has 2 fully saturated rings. The predicted molar refractivity (Wildman–Crippen MR) is 74.5 cm³/mol. The molecule has 4 heteroatoms. The summed E-state index contributed by atoms with van der Waals surface area (Å²) in [6.07, 6.45) is 5.77. The van der Waals surface area contributed by atoms with E-state index in [9.17, 15) is 9.59 Å². The third-order valence-electron chi connectivity index (χ3n) is 4.38. The number of hydrogen-bond acceptors (Lipinski definition) is 2. The smallest absolute Gasteiger partial charge is 0.246 e. The Morgan fingerprint density at radius 3 is 2.42 bits per heavy atom. The summed E-state index contributed by atoms with van der Waals surface area (Å²) in [5.74, 6) is 0.875. The van der Waals surface area contributed by atoms with Crippen molar-refractivity contribution in [2.75, 3.05) is 6.54 Å². The lowest BCUT2D eigenvalue weighted by Crippen LogP contribution is -2.65. The van der Waals surface area contributed by atoms with Crippen LogP contribution in [-0.4, -0.2) is 35.3 Å². The lowest BCUT2D eigenvalue weighted by Gasteiger charge is -2.41. The Hall–Kier alpha value is -1.06. The Labute approximate surface area is 115 Å². The van der Waals surface area contributed by atoms with Crippen LogP contribution >= 0.6 is 0 Å². The van der Waals surface area contributed by atoms with Crippen molar-refractivity contribution in [3.8, 4) is 0 Å². The van der Waals surface area contributed by atoms with Crippen molar-refractivity contribution >= 4 is 11.8 Å². The van der Waals surface area contributed by atoms with Crippen LogP contribution in [0.2, 0.25) is 0 Å². The zero-order valence-corrected chi connectivity index (χ0v) is 12.3. The zero-order valence-electron chi connectivity index (χ0n) is 12.3. The topological polar surface area (TPSA) is 49.4 Å². The summed E-state index contributed by atoms with van der Waals surface area (Å²) in [6.45, 7) is 6.67. The molecule has 0 spiro atoms. The van der Waals surface area contributed by atoms with Gasteiger partial charge < -0.3 is 10.2 Å². The molecule has 0 radical (unpaired) electrons. The van der Waals surface area contributed by atoms with Gasteiger partial charge in [0.15, 0.2) is 0 Å². The Balaban J connectivity index is 2.11. The molecule has 1 aliphatic heterocycles. The normalized spacial score (nSPS) is 29.8. The minimum atomic E-state index is -0.324. The molecule has 0 aromatic heterocycles. The van der Waals surface area contributed by atoms with Gasteiger partial charge in [0.2, 0.25) is 11.8 Å². The van der Waals surface area contributed by atoms with Crippen LogP contribution in [0.5, 0.6) is 0 Å². The van der Waals surface area contributed by atoms with Crippen LogP contribution in [0, 0.1) is 11.8 Å². The van der Waals surface area contributed by atoms with Crippen molar-refractivity contribution < 1.29 is 9.59 Å². The van der Waals surface area contributed by atoms with Gasteiger partial charge in [-0.2, -0.15) is 0 Å². The second-order valence-electron chi connectivity index (χ2n) is 6.44. The molecular formula is C15H26N2O2. The van der Waals surface area contributed by atoms with Gasteiger partial charge in [0.1, 0.15) is 12.1 Å². The summed E-state index contributed by atoms with van der Waals surface area (Å²) in [7, 11) is 0. The highest BCUT2D eigenvalue weighted by Crippen LogP contribution is 2.29. The molecule has 1 N–H and O–H groups in total. The molecule has 1 saturated heterocycles. The standard InChI is InChI=1S/C15H26N2O2/c1-10(2)9-17-11(3)14(18)16-13(15(17)19)12-7-5-4-6-8-12/h10-13H,4-9H2,1-3H3,(H,16,18). The van der Waals surface area contributed by atoms with Gasteiger partial charge in [-0.1, -0.05) is 33.1 Å². The number of piperazine rings is 1. The van der Waals surface area contributed by atoms with Gasteiger partial charge >= 0.3 is 0 Å². The molecule has 4 nitrogen and oxygen atoms in total. The number of nitrogens with zero attached hydrogens (tertiary/aromatic N) is 1. The first kappa shape index (κ1) is 14.4. The Morgan fingerprint density at radius 2 is 1.84 bits per heavy atom. The SMILES string of the molecule is CC(C)CN1C(=O)C(C2CCCCC2)NC(=O)C1C. The number of nitrogens with one attached hydrogen (secondary N) is 1.